The maximum absolute atomic E-state index is 8.94. The molecule has 0 spiro atoms. The molecule has 1 aliphatic heterocycles. The predicted molar refractivity (Wildman–Crippen MR) is 80.7 cm³/mol. The lowest BCUT2D eigenvalue weighted by Crippen LogP contribution is -2.12. The van der Waals surface area contributed by atoms with Gasteiger partial charge in [-0.3, -0.25) is 0 Å². The molecule has 0 amide bonds. The number of rotatable bonds is 2. The Hall–Kier alpha value is -2.25. The molecule has 0 bridgehead atoms. The maximum Gasteiger partial charge on any atom is 0.161 e. The van der Waals surface area contributed by atoms with Crippen LogP contribution in [0.5, 0.6) is 0 Å². The lowest BCUT2D eigenvalue weighted by atomic mass is 10.1. The molecule has 1 aromatic heterocycles. The van der Waals surface area contributed by atoms with Crippen molar-refractivity contribution in [1.29, 1.82) is 5.26 Å². The van der Waals surface area contributed by atoms with Gasteiger partial charge in [-0.2, -0.15) is 5.26 Å². The molecule has 1 aliphatic rings. The summed E-state index contributed by atoms with van der Waals surface area (Å²) in [5, 5.41) is 12.5. The van der Waals surface area contributed by atoms with Crippen molar-refractivity contribution in [3.05, 3.63) is 46.6 Å². The Morgan fingerprint density at radius 2 is 2.20 bits per heavy atom. The van der Waals surface area contributed by atoms with Gasteiger partial charge >= 0.3 is 0 Å². The highest BCUT2D eigenvalue weighted by molar-refractivity contribution is 6.31. The molecule has 1 aromatic carbocycles. The number of aromatic nitrogens is 1. The van der Waals surface area contributed by atoms with E-state index in [9.17, 15) is 0 Å². The number of hydrogen-bond acceptors (Lipinski definition) is 4. The highest BCUT2D eigenvalue weighted by atomic mass is 35.5. The number of likely N-dealkylation sites (N-methyl/N-ethyl adjacent to an activating group) is 1. The fraction of sp³-hybridized carbons (Fsp3) is 0.200. The monoisotopic (exact) mass is 284 g/mol. The molecule has 3 rings (SSSR count). The van der Waals surface area contributed by atoms with E-state index in [1.165, 1.54) is 11.3 Å². The number of hydrogen-bond donors (Lipinski definition) is 1. The SMILES string of the molecule is CN1CCc2ccc(Nc3ccc(Cl)c(C#N)n3)cc21. The van der Waals surface area contributed by atoms with Gasteiger partial charge in [0.2, 0.25) is 0 Å². The molecule has 20 heavy (non-hydrogen) atoms. The van der Waals surface area contributed by atoms with E-state index < -0.39 is 0 Å². The second-order valence-corrected chi connectivity index (χ2v) is 5.19. The molecule has 0 fully saturated rings. The molecule has 0 unspecified atom stereocenters. The van der Waals surface area contributed by atoms with Crippen LogP contribution in [0.25, 0.3) is 0 Å². The van der Waals surface area contributed by atoms with Crippen LogP contribution in [-0.4, -0.2) is 18.6 Å². The van der Waals surface area contributed by atoms with Crippen LogP contribution in [0.2, 0.25) is 5.02 Å². The van der Waals surface area contributed by atoms with Crippen LogP contribution in [0.4, 0.5) is 17.2 Å². The molecule has 0 aliphatic carbocycles. The number of fused-ring (bicyclic) bond motifs is 1. The Balaban J connectivity index is 1.89. The first-order chi connectivity index (χ1) is 9.67. The zero-order valence-electron chi connectivity index (χ0n) is 11.0. The summed E-state index contributed by atoms with van der Waals surface area (Å²) in [6.45, 7) is 1.05. The van der Waals surface area contributed by atoms with E-state index in [4.69, 9.17) is 16.9 Å². The van der Waals surface area contributed by atoms with E-state index in [0.29, 0.717) is 10.8 Å². The van der Waals surface area contributed by atoms with E-state index in [2.05, 4.69) is 34.4 Å². The normalized spacial score (nSPS) is 12.9. The molecule has 2 heterocycles. The number of halogens is 1. The van der Waals surface area contributed by atoms with Gasteiger partial charge in [0.1, 0.15) is 11.9 Å². The fourth-order valence-corrected chi connectivity index (χ4v) is 2.50. The first-order valence-corrected chi connectivity index (χ1v) is 6.73. The summed E-state index contributed by atoms with van der Waals surface area (Å²) in [6, 6.07) is 11.7. The molecule has 2 aromatic rings. The summed E-state index contributed by atoms with van der Waals surface area (Å²) in [6.07, 6.45) is 1.09. The minimum Gasteiger partial charge on any atom is -0.374 e. The van der Waals surface area contributed by atoms with E-state index in [1.54, 1.807) is 12.1 Å². The molecule has 0 saturated heterocycles. The van der Waals surface area contributed by atoms with Gasteiger partial charge in [-0.25, -0.2) is 4.98 Å². The summed E-state index contributed by atoms with van der Waals surface area (Å²) < 4.78 is 0. The summed E-state index contributed by atoms with van der Waals surface area (Å²) in [4.78, 5) is 6.41. The number of nitrogens with one attached hydrogen (secondary N) is 1. The molecular weight excluding hydrogens is 272 g/mol. The van der Waals surface area contributed by atoms with Gasteiger partial charge in [0, 0.05) is 25.0 Å². The highest BCUT2D eigenvalue weighted by Gasteiger charge is 2.15. The molecule has 5 heteroatoms. The first-order valence-electron chi connectivity index (χ1n) is 6.35. The van der Waals surface area contributed by atoms with Gasteiger partial charge in [0.25, 0.3) is 0 Å². The second kappa shape index (κ2) is 5.03. The Bertz CT molecular complexity index is 706. The number of benzene rings is 1. The fourth-order valence-electron chi connectivity index (χ4n) is 2.36. The van der Waals surface area contributed by atoms with Gasteiger partial charge in [0.05, 0.1) is 5.02 Å². The van der Waals surface area contributed by atoms with Crippen LogP contribution in [0.15, 0.2) is 30.3 Å². The third-order valence-electron chi connectivity index (χ3n) is 3.44. The Labute approximate surface area is 122 Å². The van der Waals surface area contributed by atoms with Crippen molar-refractivity contribution < 1.29 is 0 Å². The first kappa shape index (κ1) is 12.8. The van der Waals surface area contributed by atoms with Gasteiger partial charge < -0.3 is 10.2 Å². The van der Waals surface area contributed by atoms with Crippen LogP contribution in [0.3, 0.4) is 0 Å². The Morgan fingerprint density at radius 1 is 1.35 bits per heavy atom. The van der Waals surface area contributed by atoms with Crippen molar-refractivity contribution in [3.8, 4) is 6.07 Å². The predicted octanol–water partition coefficient (Wildman–Crippen LogP) is 3.34. The summed E-state index contributed by atoms with van der Waals surface area (Å²) in [7, 11) is 2.09. The third kappa shape index (κ3) is 2.28. The lowest BCUT2D eigenvalue weighted by molar-refractivity contribution is 0.956. The highest BCUT2D eigenvalue weighted by Crippen LogP contribution is 2.30. The second-order valence-electron chi connectivity index (χ2n) is 4.78. The molecule has 0 saturated carbocycles. The quantitative estimate of drug-likeness (QED) is 0.919. The van der Waals surface area contributed by atoms with Crippen molar-refractivity contribution in [3.63, 3.8) is 0 Å². The average molecular weight is 285 g/mol. The lowest BCUT2D eigenvalue weighted by Gasteiger charge is -2.14. The van der Waals surface area contributed by atoms with Crippen molar-refractivity contribution in [2.24, 2.45) is 0 Å². The number of anilines is 3. The van der Waals surface area contributed by atoms with Crippen LogP contribution < -0.4 is 10.2 Å². The van der Waals surface area contributed by atoms with Crippen LogP contribution in [0.1, 0.15) is 11.3 Å². The van der Waals surface area contributed by atoms with E-state index in [1.807, 2.05) is 12.1 Å². The summed E-state index contributed by atoms with van der Waals surface area (Å²) in [5.41, 5.74) is 3.79. The minimum absolute atomic E-state index is 0.231. The summed E-state index contributed by atoms with van der Waals surface area (Å²) in [5.74, 6) is 0.617. The number of nitriles is 1. The molecule has 0 radical (unpaired) electrons. The molecule has 4 nitrogen and oxygen atoms in total. The smallest absolute Gasteiger partial charge is 0.161 e. The largest absolute Gasteiger partial charge is 0.374 e. The van der Waals surface area contributed by atoms with E-state index in [0.717, 1.165) is 18.7 Å². The van der Waals surface area contributed by atoms with Gasteiger partial charge in [-0.15, -0.1) is 0 Å². The molecule has 100 valence electrons. The minimum atomic E-state index is 0.231. The van der Waals surface area contributed by atoms with Crippen molar-refractivity contribution in [2.75, 3.05) is 23.8 Å². The zero-order chi connectivity index (χ0) is 14.1. The molecular formula is C15H13ClN4. The number of pyridine rings is 1. The summed E-state index contributed by atoms with van der Waals surface area (Å²) >= 11 is 5.88. The standard InChI is InChI=1S/C15H13ClN4/c1-20-7-6-10-2-3-11(8-14(10)20)18-15-5-4-12(16)13(9-17)19-15/h2-5,8H,6-7H2,1H3,(H,18,19). The van der Waals surface area contributed by atoms with Gasteiger partial charge in [-0.05, 0) is 36.2 Å². The third-order valence-corrected chi connectivity index (χ3v) is 3.74. The topological polar surface area (TPSA) is 52.0 Å². The molecule has 0 atom stereocenters. The van der Waals surface area contributed by atoms with Gasteiger partial charge in [0.15, 0.2) is 5.69 Å². The van der Waals surface area contributed by atoms with E-state index in [-0.39, 0.29) is 5.69 Å². The molecule has 1 N–H and O–H groups in total. The number of nitrogens with zero attached hydrogens (tertiary/aromatic N) is 3. The van der Waals surface area contributed by atoms with E-state index >= 15 is 0 Å². The maximum atomic E-state index is 8.94. The Morgan fingerprint density at radius 3 is 3.00 bits per heavy atom. The van der Waals surface area contributed by atoms with Crippen LogP contribution >= 0.6 is 11.6 Å². The average Bonchev–Trinajstić information content (AvgIpc) is 2.82. The van der Waals surface area contributed by atoms with Crippen molar-refractivity contribution >= 4 is 28.8 Å². The zero-order valence-corrected chi connectivity index (χ0v) is 11.8. The Kier molecular flexibility index (Phi) is 3.21. The van der Waals surface area contributed by atoms with Crippen LogP contribution in [0, 0.1) is 11.3 Å². The van der Waals surface area contributed by atoms with Gasteiger partial charge in [-0.1, -0.05) is 17.7 Å². The van der Waals surface area contributed by atoms with Crippen LogP contribution in [-0.2, 0) is 6.42 Å². The van der Waals surface area contributed by atoms with Crippen molar-refractivity contribution in [2.45, 2.75) is 6.42 Å². The van der Waals surface area contributed by atoms with Crippen molar-refractivity contribution in [1.82, 2.24) is 4.98 Å².